The highest BCUT2D eigenvalue weighted by Crippen LogP contribution is 2.18. The molecule has 0 saturated heterocycles. The molecule has 15 nitrogen and oxygen atoms in total. The molecule has 0 aromatic heterocycles. The number of hydrogen-bond donors (Lipinski definition) is 2. The molecule has 3 N–H and O–H groups in total. The van der Waals surface area contributed by atoms with Crippen LogP contribution >= 0.6 is 0 Å². The molecule has 1 atom stereocenters. The molecule has 1 aromatic carbocycles. The lowest BCUT2D eigenvalue weighted by molar-refractivity contribution is -0.754. The van der Waals surface area contributed by atoms with E-state index in [0.29, 0.717) is 37.7 Å². The van der Waals surface area contributed by atoms with Crippen LogP contribution < -0.4 is 16.0 Å². The molecule has 0 saturated carbocycles. The van der Waals surface area contributed by atoms with Crippen molar-refractivity contribution in [2.45, 2.75) is 71.0 Å². The molecule has 0 bridgehead atoms. The molecule has 0 fully saturated rings. The number of esters is 1. The van der Waals surface area contributed by atoms with E-state index in [0.717, 1.165) is 32.1 Å². The number of rotatable bonds is 24. The molecule has 0 aliphatic heterocycles. The van der Waals surface area contributed by atoms with Gasteiger partial charge in [-0.2, -0.15) is 0 Å². The Labute approximate surface area is 245 Å². The van der Waals surface area contributed by atoms with Gasteiger partial charge >= 0.3 is 5.97 Å². The molecule has 0 radical (unpaired) electrons. The Morgan fingerprint density at radius 3 is 2.38 bits per heavy atom. The van der Waals surface area contributed by atoms with Crippen LogP contribution in [-0.2, 0) is 38.3 Å². The van der Waals surface area contributed by atoms with Crippen molar-refractivity contribution in [3.05, 3.63) is 34.4 Å². The standard InChI is InChI=1S/C27H42N4O11/c1-21(42-27(2,3)24(32)9-5-4-6-14-37-15-7-8-16-40-28)17-29-20-39-23-12-10-22(11-13-23)30-25(33)18-38-26(34)19-41-31(35)36/h10-13,17,21H,4-9,14-16,18-20,28H2,1-3H3,(H,30,33). The fourth-order valence-electron chi connectivity index (χ4n) is 3.45. The Kier molecular flexibility index (Phi) is 18.3. The molecule has 1 unspecified atom stereocenters. The van der Waals surface area contributed by atoms with E-state index in [9.17, 15) is 24.5 Å². The Balaban J connectivity index is 2.25. The number of ketones is 1. The van der Waals surface area contributed by atoms with Crippen molar-refractivity contribution in [1.82, 2.24) is 0 Å². The van der Waals surface area contributed by atoms with Crippen molar-refractivity contribution in [2.24, 2.45) is 10.9 Å². The number of nitrogens with zero attached hydrogens (tertiary/aromatic N) is 2. The summed E-state index contributed by atoms with van der Waals surface area (Å²) in [5.74, 6) is 3.80. The second-order valence-electron chi connectivity index (χ2n) is 9.59. The van der Waals surface area contributed by atoms with E-state index in [1.54, 1.807) is 51.3 Å². The van der Waals surface area contributed by atoms with Crippen molar-refractivity contribution in [2.75, 3.05) is 45.1 Å². The zero-order chi connectivity index (χ0) is 31.2. The van der Waals surface area contributed by atoms with E-state index in [4.69, 9.17) is 20.1 Å². The van der Waals surface area contributed by atoms with Crippen LogP contribution in [0.2, 0.25) is 0 Å². The van der Waals surface area contributed by atoms with Crippen molar-refractivity contribution in [3.8, 4) is 5.75 Å². The van der Waals surface area contributed by atoms with Gasteiger partial charge in [-0.25, -0.2) is 10.7 Å². The van der Waals surface area contributed by atoms with Gasteiger partial charge in [-0.15, -0.1) is 10.1 Å². The summed E-state index contributed by atoms with van der Waals surface area (Å²) < 4.78 is 21.6. The number of anilines is 1. The van der Waals surface area contributed by atoms with Gasteiger partial charge in [0.1, 0.15) is 11.4 Å². The first-order chi connectivity index (χ1) is 20.0. The van der Waals surface area contributed by atoms with Crippen molar-refractivity contribution >= 4 is 29.6 Å². The Hall–Kier alpha value is -3.66. The van der Waals surface area contributed by atoms with E-state index < -0.39 is 41.9 Å². The molecule has 42 heavy (non-hydrogen) atoms. The monoisotopic (exact) mass is 598 g/mol. The van der Waals surface area contributed by atoms with Gasteiger partial charge in [-0.3, -0.25) is 14.6 Å². The second kappa shape index (κ2) is 21.1. The van der Waals surface area contributed by atoms with E-state index in [2.05, 4.69) is 24.7 Å². The minimum atomic E-state index is -1.14. The number of amides is 1. The predicted molar refractivity (Wildman–Crippen MR) is 151 cm³/mol. The number of aliphatic imine (C=N–C) groups is 1. The first kappa shape index (κ1) is 36.4. The SMILES string of the molecule is CC(C=NCOc1ccc(NC(=O)COC(=O)CO[N+](=O)[O-])cc1)OC(C)(C)C(=O)CCCCCOCCCCON. The van der Waals surface area contributed by atoms with Crippen molar-refractivity contribution < 1.29 is 48.1 Å². The average Bonchev–Trinajstić information content (AvgIpc) is 2.94. The largest absolute Gasteiger partial charge is 0.471 e. The van der Waals surface area contributed by atoms with Gasteiger partial charge in [-0.1, -0.05) is 6.42 Å². The number of hydrogen-bond acceptors (Lipinski definition) is 13. The summed E-state index contributed by atoms with van der Waals surface area (Å²) >= 11 is 0. The van der Waals surface area contributed by atoms with Crippen LogP contribution in [0.3, 0.4) is 0 Å². The number of benzene rings is 1. The summed E-state index contributed by atoms with van der Waals surface area (Å²) in [7, 11) is 0. The van der Waals surface area contributed by atoms with Gasteiger partial charge in [0.25, 0.3) is 11.0 Å². The maximum atomic E-state index is 12.6. The average molecular weight is 599 g/mol. The van der Waals surface area contributed by atoms with Crippen LogP contribution in [-0.4, -0.2) is 80.4 Å². The van der Waals surface area contributed by atoms with Gasteiger partial charge in [0, 0.05) is 31.5 Å². The van der Waals surface area contributed by atoms with Gasteiger partial charge in [0.2, 0.25) is 0 Å². The third-order valence-corrected chi connectivity index (χ3v) is 5.56. The summed E-state index contributed by atoms with van der Waals surface area (Å²) in [4.78, 5) is 58.3. The smallest absolute Gasteiger partial charge is 0.332 e. The van der Waals surface area contributed by atoms with Gasteiger partial charge < -0.3 is 33.9 Å². The highest BCUT2D eigenvalue weighted by atomic mass is 17.0. The zero-order valence-electron chi connectivity index (χ0n) is 24.4. The maximum Gasteiger partial charge on any atom is 0.332 e. The van der Waals surface area contributed by atoms with Crippen molar-refractivity contribution in [1.29, 1.82) is 0 Å². The first-order valence-corrected chi connectivity index (χ1v) is 13.6. The van der Waals surface area contributed by atoms with Gasteiger partial charge in [0.15, 0.2) is 25.7 Å². The molecule has 1 aromatic rings. The lowest BCUT2D eigenvalue weighted by atomic mass is 9.98. The van der Waals surface area contributed by atoms with E-state index in [1.807, 2.05) is 0 Å². The number of nitrogens with one attached hydrogen (secondary N) is 1. The van der Waals surface area contributed by atoms with Crippen LogP contribution in [0.15, 0.2) is 29.3 Å². The quantitative estimate of drug-likeness (QED) is 0.0580. The van der Waals surface area contributed by atoms with Crippen LogP contribution in [0.25, 0.3) is 0 Å². The zero-order valence-corrected chi connectivity index (χ0v) is 24.4. The van der Waals surface area contributed by atoms with Crippen LogP contribution in [0.5, 0.6) is 5.75 Å². The van der Waals surface area contributed by atoms with Crippen LogP contribution in [0.4, 0.5) is 5.69 Å². The number of nitrogens with two attached hydrogens (primary N) is 1. The van der Waals surface area contributed by atoms with Crippen molar-refractivity contribution in [3.63, 3.8) is 0 Å². The van der Waals surface area contributed by atoms with Crippen LogP contribution in [0.1, 0.15) is 59.3 Å². The number of carbonyl (C=O) groups excluding carboxylic acids is 3. The fraction of sp³-hybridized carbons (Fsp3) is 0.630. The van der Waals surface area contributed by atoms with E-state index in [1.165, 1.54) is 0 Å². The first-order valence-electron chi connectivity index (χ1n) is 13.6. The number of carbonyl (C=O) groups is 3. The summed E-state index contributed by atoms with van der Waals surface area (Å²) in [6, 6.07) is 6.36. The Morgan fingerprint density at radius 2 is 1.71 bits per heavy atom. The molecule has 0 aliphatic carbocycles. The Morgan fingerprint density at radius 1 is 1.05 bits per heavy atom. The molecular formula is C27H42N4O11. The fourth-order valence-corrected chi connectivity index (χ4v) is 3.45. The van der Waals surface area contributed by atoms with Gasteiger partial charge in [0.05, 0.1) is 12.7 Å². The number of Topliss-reactive ketones (excluding diaryl/α,β-unsaturated/α-hetero) is 1. The summed E-state index contributed by atoms with van der Waals surface area (Å²) in [5, 5.41) is 11.4. The normalized spacial score (nSPS) is 12.1. The molecule has 1 rings (SSSR count). The van der Waals surface area contributed by atoms with E-state index >= 15 is 0 Å². The molecule has 236 valence electrons. The lowest BCUT2D eigenvalue weighted by Gasteiger charge is -2.26. The number of unbranched alkanes of at least 4 members (excludes halogenated alkanes) is 3. The summed E-state index contributed by atoms with van der Waals surface area (Å²) in [6.07, 6.45) is 5.91. The van der Waals surface area contributed by atoms with Gasteiger partial charge in [-0.05, 0) is 70.7 Å². The highest BCUT2D eigenvalue weighted by Gasteiger charge is 2.29. The minimum Gasteiger partial charge on any atom is -0.471 e. The molecule has 0 aliphatic rings. The molecular weight excluding hydrogens is 556 g/mol. The predicted octanol–water partition coefficient (Wildman–Crippen LogP) is 2.78. The topological polar surface area (TPSA) is 200 Å². The van der Waals surface area contributed by atoms with Crippen LogP contribution in [0, 0.1) is 10.1 Å². The van der Waals surface area contributed by atoms with E-state index in [-0.39, 0.29) is 12.5 Å². The third-order valence-electron chi connectivity index (χ3n) is 5.56. The maximum absolute atomic E-state index is 12.6. The summed E-state index contributed by atoms with van der Waals surface area (Å²) in [6.45, 7) is 5.65. The molecule has 1 amide bonds. The molecule has 0 heterocycles. The third kappa shape index (κ3) is 17.9. The molecule has 15 heteroatoms. The summed E-state index contributed by atoms with van der Waals surface area (Å²) in [5.41, 5.74) is -0.532. The Bertz CT molecular complexity index is 987. The molecule has 0 spiro atoms. The minimum absolute atomic E-state index is 0.0127. The number of ether oxygens (including phenoxy) is 4. The second-order valence-corrected chi connectivity index (χ2v) is 9.59. The lowest BCUT2D eigenvalue weighted by Crippen LogP contribution is -2.38. The highest BCUT2D eigenvalue weighted by molar-refractivity contribution is 5.92.